The van der Waals surface area contributed by atoms with E-state index >= 15 is 0 Å². The van der Waals surface area contributed by atoms with E-state index < -0.39 is 10.0 Å². The van der Waals surface area contributed by atoms with Crippen LogP contribution in [0.25, 0.3) is 0 Å². The number of hydrogen-bond acceptors (Lipinski definition) is 4. The van der Waals surface area contributed by atoms with Gasteiger partial charge in [0, 0.05) is 11.7 Å². The molecule has 2 aromatic rings. The lowest BCUT2D eigenvalue weighted by Crippen LogP contribution is -2.30. The third-order valence-electron chi connectivity index (χ3n) is 3.36. The zero-order chi connectivity index (χ0) is 17.7. The Morgan fingerprint density at radius 2 is 1.92 bits per heavy atom. The molecule has 0 spiro atoms. The monoisotopic (exact) mass is 351 g/mol. The maximum atomic E-state index is 13.2. The first-order chi connectivity index (χ1) is 11.3. The number of benzene rings is 2. The van der Waals surface area contributed by atoms with Crippen LogP contribution in [0.2, 0.25) is 0 Å². The van der Waals surface area contributed by atoms with Gasteiger partial charge in [-0.25, -0.2) is 17.9 Å². The van der Waals surface area contributed by atoms with Gasteiger partial charge in [0.15, 0.2) is 0 Å². The van der Waals surface area contributed by atoms with Gasteiger partial charge in [0.2, 0.25) is 15.9 Å². The Hall–Kier alpha value is -2.29. The molecule has 0 aliphatic rings. The number of nitrogens with one attached hydrogen (secondary N) is 2. The summed E-state index contributed by atoms with van der Waals surface area (Å²) < 4.78 is 35.8. The molecule has 0 saturated carbocycles. The van der Waals surface area contributed by atoms with Crippen LogP contribution < -0.4 is 15.8 Å². The molecule has 0 fully saturated rings. The van der Waals surface area contributed by atoms with Gasteiger partial charge in [-0.15, -0.1) is 0 Å². The van der Waals surface area contributed by atoms with Crippen molar-refractivity contribution in [2.45, 2.75) is 17.9 Å². The lowest BCUT2D eigenvalue weighted by molar-refractivity contribution is -0.115. The predicted molar refractivity (Wildman–Crippen MR) is 89.3 cm³/mol. The molecule has 6 nitrogen and oxygen atoms in total. The molecule has 0 saturated heterocycles. The van der Waals surface area contributed by atoms with Crippen molar-refractivity contribution in [3.8, 4) is 0 Å². The lowest BCUT2D eigenvalue weighted by Gasteiger charge is -2.14. The number of rotatable bonds is 6. The van der Waals surface area contributed by atoms with Crippen LogP contribution in [-0.4, -0.2) is 20.9 Å². The third kappa shape index (κ3) is 5.12. The predicted octanol–water partition coefficient (Wildman–Crippen LogP) is 1.76. The average Bonchev–Trinajstić information content (AvgIpc) is 2.52. The number of nitrogens with two attached hydrogens (primary N) is 1. The van der Waals surface area contributed by atoms with Crippen LogP contribution in [0.15, 0.2) is 53.4 Å². The zero-order valence-corrected chi connectivity index (χ0v) is 13.8. The Labute approximate surface area is 139 Å². The minimum atomic E-state index is -3.83. The highest BCUT2D eigenvalue weighted by Crippen LogP contribution is 2.15. The Bertz CT molecular complexity index is 840. The molecule has 1 unspecified atom stereocenters. The Morgan fingerprint density at radius 1 is 1.21 bits per heavy atom. The van der Waals surface area contributed by atoms with Crippen molar-refractivity contribution in [3.05, 3.63) is 59.9 Å². The van der Waals surface area contributed by atoms with E-state index in [0.717, 1.165) is 5.56 Å². The van der Waals surface area contributed by atoms with Crippen LogP contribution in [0.5, 0.6) is 0 Å². The summed E-state index contributed by atoms with van der Waals surface area (Å²) in [6, 6.07) is 11.5. The number of halogens is 1. The first kappa shape index (κ1) is 18.1. The first-order valence-corrected chi connectivity index (χ1v) is 8.72. The van der Waals surface area contributed by atoms with Crippen molar-refractivity contribution in [1.29, 1.82) is 0 Å². The van der Waals surface area contributed by atoms with Crippen LogP contribution >= 0.6 is 0 Å². The summed E-state index contributed by atoms with van der Waals surface area (Å²) in [5.74, 6) is -0.699. The smallest absolute Gasteiger partial charge is 0.238 e. The van der Waals surface area contributed by atoms with Gasteiger partial charge in [-0.1, -0.05) is 18.2 Å². The largest absolute Gasteiger partial charge is 0.325 e. The molecule has 0 heterocycles. The molecule has 0 aliphatic heterocycles. The van der Waals surface area contributed by atoms with Crippen molar-refractivity contribution in [3.63, 3.8) is 0 Å². The number of carbonyl (C=O) groups excluding carboxylic acids is 1. The van der Waals surface area contributed by atoms with Crippen LogP contribution in [0.1, 0.15) is 18.5 Å². The van der Waals surface area contributed by atoms with E-state index in [9.17, 15) is 17.6 Å². The fourth-order valence-electron chi connectivity index (χ4n) is 2.10. The topological polar surface area (TPSA) is 101 Å². The molecule has 0 aliphatic carbocycles. The Morgan fingerprint density at radius 3 is 2.58 bits per heavy atom. The Balaban J connectivity index is 1.94. The van der Waals surface area contributed by atoms with E-state index in [-0.39, 0.29) is 29.2 Å². The molecule has 128 valence electrons. The van der Waals surface area contributed by atoms with E-state index in [1.54, 1.807) is 18.2 Å². The van der Waals surface area contributed by atoms with E-state index in [1.807, 2.05) is 6.92 Å². The van der Waals surface area contributed by atoms with Gasteiger partial charge in [0.25, 0.3) is 0 Å². The molecule has 8 heteroatoms. The zero-order valence-electron chi connectivity index (χ0n) is 13.0. The standard InChI is InChI=1S/C16H18FN3O3S/c1-11(12-4-2-5-13(17)8-12)19-10-16(21)20-14-6-3-7-15(9-14)24(18,22)23/h2-9,11,19H,10H2,1H3,(H,20,21)(H2,18,22,23). The number of carbonyl (C=O) groups is 1. The fourth-order valence-corrected chi connectivity index (χ4v) is 2.66. The molecule has 0 radical (unpaired) electrons. The van der Waals surface area contributed by atoms with Crippen LogP contribution in [0, 0.1) is 5.82 Å². The van der Waals surface area contributed by atoms with Crippen molar-refractivity contribution < 1.29 is 17.6 Å². The quantitative estimate of drug-likeness (QED) is 0.738. The highest BCUT2D eigenvalue weighted by Gasteiger charge is 2.11. The second-order valence-electron chi connectivity index (χ2n) is 5.28. The molecule has 1 atom stereocenters. The van der Waals surface area contributed by atoms with E-state index in [1.165, 1.54) is 30.3 Å². The van der Waals surface area contributed by atoms with Crippen LogP contribution in [-0.2, 0) is 14.8 Å². The maximum Gasteiger partial charge on any atom is 0.238 e. The van der Waals surface area contributed by atoms with Gasteiger partial charge < -0.3 is 10.6 Å². The molecule has 0 aromatic heterocycles. The summed E-state index contributed by atoms with van der Waals surface area (Å²) in [7, 11) is -3.83. The summed E-state index contributed by atoms with van der Waals surface area (Å²) in [5, 5.41) is 10.6. The molecular weight excluding hydrogens is 333 g/mol. The minimum absolute atomic E-state index is 0.0166. The summed E-state index contributed by atoms with van der Waals surface area (Å²) in [5.41, 5.74) is 1.05. The molecule has 2 aromatic carbocycles. The van der Waals surface area contributed by atoms with Gasteiger partial charge in [-0.3, -0.25) is 4.79 Å². The second-order valence-corrected chi connectivity index (χ2v) is 6.84. The maximum absolute atomic E-state index is 13.2. The summed E-state index contributed by atoms with van der Waals surface area (Å²) >= 11 is 0. The third-order valence-corrected chi connectivity index (χ3v) is 4.27. The van der Waals surface area contributed by atoms with E-state index in [4.69, 9.17) is 5.14 Å². The SMILES string of the molecule is CC(NCC(=O)Nc1cccc(S(N)(=O)=O)c1)c1cccc(F)c1. The number of amides is 1. The number of hydrogen-bond donors (Lipinski definition) is 3. The summed E-state index contributed by atoms with van der Waals surface area (Å²) in [4.78, 5) is 11.9. The Kier molecular flexibility index (Phi) is 5.66. The molecule has 24 heavy (non-hydrogen) atoms. The molecule has 2 rings (SSSR count). The van der Waals surface area contributed by atoms with Gasteiger partial charge >= 0.3 is 0 Å². The fraction of sp³-hybridized carbons (Fsp3) is 0.188. The number of sulfonamides is 1. The lowest BCUT2D eigenvalue weighted by atomic mass is 10.1. The van der Waals surface area contributed by atoms with Crippen molar-refractivity contribution in [1.82, 2.24) is 5.32 Å². The number of primary sulfonamides is 1. The molecule has 1 amide bonds. The summed E-state index contributed by atoms with van der Waals surface area (Å²) in [6.07, 6.45) is 0. The van der Waals surface area contributed by atoms with Crippen LogP contribution in [0.3, 0.4) is 0 Å². The summed E-state index contributed by atoms with van der Waals surface area (Å²) in [6.45, 7) is 1.79. The average molecular weight is 351 g/mol. The van der Waals surface area contributed by atoms with Gasteiger partial charge in [-0.05, 0) is 42.8 Å². The van der Waals surface area contributed by atoms with Crippen molar-refractivity contribution in [2.24, 2.45) is 5.14 Å². The van der Waals surface area contributed by atoms with Crippen molar-refractivity contribution in [2.75, 3.05) is 11.9 Å². The van der Waals surface area contributed by atoms with Gasteiger partial charge in [0.1, 0.15) is 5.82 Å². The van der Waals surface area contributed by atoms with Gasteiger partial charge in [-0.2, -0.15) is 0 Å². The highest BCUT2D eigenvalue weighted by molar-refractivity contribution is 7.89. The van der Waals surface area contributed by atoms with E-state index in [0.29, 0.717) is 5.69 Å². The second kappa shape index (κ2) is 7.52. The highest BCUT2D eigenvalue weighted by atomic mass is 32.2. The molecular formula is C16H18FN3O3S. The van der Waals surface area contributed by atoms with E-state index in [2.05, 4.69) is 10.6 Å². The van der Waals surface area contributed by atoms with Crippen molar-refractivity contribution >= 4 is 21.6 Å². The number of anilines is 1. The molecule has 0 bridgehead atoms. The molecule has 4 N–H and O–H groups in total. The van der Waals surface area contributed by atoms with Gasteiger partial charge in [0.05, 0.1) is 11.4 Å². The normalized spacial score (nSPS) is 12.6. The minimum Gasteiger partial charge on any atom is -0.325 e. The first-order valence-electron chi connectivity index (χ1n) is 7.17. The van der Waals surface area contributed by atoms with Crippen LogP contribution in [0.4, 0.5) is 10.1 Å².